The molecule has 1 aliphatic rings. The van der Waals surface area contributed by atoms with Gasteiger partial charge >= 0.3 is 0 Å². The van der Waals surface area contributed by atoms with Gasteiger partial charge in [-0.05, 0) is 41.8 Å². The van der Waals surface area contributed by atoms with E-state index in [0.717, 1.165) is 28.2 Å². The van der Waals surface area contributed by atoms with Crippen LogP contribution < -0.4 is 4.74 Å². The molecule has 142 valence electrons. The van der Waals surface area contributed by atoms with Crippen molar-refractivity contribution in [1.82, 2.24) is 4.90 Å². The molecule has 0 bridgehead atoms. The van der Waals surface area contributed by atoms with Crippen LogP contribution in [-0.4, -0.2) is 55.0 Å². The first kappa shape index (κ1) is 18.9. The molecular formula is C21H24N2O4. The van der Waals surface area contributed by atoms with Gasteiger partial charge < -0.3 is 19.6 Å². The molecule has 0 radical (unpaired) electrons. The topological polar surface area (TPSA) is 71.4 Å². The summed E-state index contributed by atoms with van der Waals surface area (Å²) in [6.07, 6.45) is 0.525. The molecule has 0 aromatic heterocycles. The van der Waals surface area contributed by atoms with Crippen LogP contribution in [0.5, 0.6) is 5.75 Å². The first-order valence-electron chi connectivity index (χ1n) is 8.83. The second kappa shape index (κ2) is 8.22. The van der Waals surface area contributed by atoms with Crippen molar-refractivity contribution < 1.29 is 19.5 Å². The van der Waals surface area contributed by atoms with Crippen LogP contribution in [-0.2, 0) is 4.84 Å². The Bertz CT molecular complexity index is 846. The number of ether oxygens (including phenoxy) is 1. The summed E-state index contributed by atoms with van der Waals surface area (Å²) in [5.41, 5.74) is 4.48. The Hall–Kier alpha value is -2.86. The van der Waals surface area contributed by atoms with Gasteiger partial charge in [0.05, 0.1) is 32.0 Å². The highest BCUT2D eigenvalue weighted by Crippen LogP contribution is 2.30. The average molecular weight is 368 g/mol. The zero-order valence-electron chi connectivity index (χ0n) is 15.8. The number of nitrogens with zero attached hydrogens (tertiary/aromatic N) is 2. The smallest absolute Gasteiger partial charge is 0.254 e. The van der Waals surface area contributed by atoms with E-state index in [4.69, 9.17) is 9.57 Å². The number of aliphatic hydroxyl groups excluding tert-OH is 1. The maximum atomic E-state index is 12.9. The molecule has 0 aliphatic carbocycles. The predicted molar refractivity (Wildman–Crippen MR) is 104 cm³/mol. The largest absolute Gasteiger partial charge is 0.496 e. The Labute approximate surface area is 159 Å². The minimum atomic E-state index is -0.272. The van der Waals surface area contributed by atoms with E-state index in [1.165, 1.54) is 7.11 Å². The molecule has 1 atom stereocenters. The Morgan fingerprint density at radius 3 is 2.59 bits per heavy atom. The summed E-state index contributed by atoms with van der Waals surface area (Å²) in [7, 11) is 3.13. The van der Waals surface area contributed by atoms with Crippen molar-refractivity contribution in [3.05, 3.63) is 53.6 Å². The molecule has 2 aromatic carbocycles. The van der Waals surface area contributed by atoms with Gasteiger partial charge in [-0.3, -0.25) is 4.79 Å². The number of carbonyl (C=O) groups is 1. The highest BCUT2D eigenvalue weighted by molar-refractivity contribution is 6.00. The number of benzene rings is 2. The van der Waals surface area contributed by atoms with Crippen molar-refractivity contribution in [3.8, 4) is 16.9 Å². The van der Waals surface area contributed by atoms with Crippen molar-refractivity contribution in [1.29, 1.82) is 0 Å². The van der Waals surface area contributed by atoms with Crippen LogP contribution in [0.25, 0.3) is 11.1 Å². The molecule has 2 aromatic rings. The van der Waals surface area contributed by atoms with E-state index in [1.807, 2.05) is 49.4 Å². The number of amides is 1. The Kier molecular flexibility index (Phi) is 5.76. The fraction of sp³-hybridized carbons (Fsp3) is 0.333. The molecule has 1 aliphatic heterocycles. The lowest BCUT2D eigenvalue weighted by molar-refractivity contribution is 0.0680. The second-order valence-corrected chi connectivity index (χ2v) is 6.52. The fourth-order valence-electron chi connectivity index (χ4n) is 3.47. The fourth-order valence-corrected chi connectivity index (χ4v) is 3.47. The van der Waals surface area contributed by atoms with Gasteiger partial charge in [0.15, 0.2) is 0 Å². The molecule has 1 saturated heterocycles. The summed E-state index contributed by atoms with van der Waals surface area (Å²) in [5, 5.41) is 13.5. The van der Waals surface area contributed by atoms with E-state index < -0.39 is 0 Å². The number of hydrogen-bond donors (Lipinski definition) is 1. The SMILES string of the molecule is CO/N=C1/C[C@@H](CO)N(C(=O)c2ccc(-c3cccc(OC)c3C)cc2)C1. The van der Waals surface area contributed by atoms with Crippen LogP contribution >= 0.6 is 0 Å². The van der Waals surface area contributed by atoms with Gasteiger partial charge in [0, 0.05) is 12.0 Å². The zero-order valence-corrected chi connectivity index (χ0v) is 15.8. The van der Waals surface area contributed by atoms with Crippen LogP contribution in [0.1, 0.15) is 22.3 Å². The Balaban J connectivity index is 1.83. The van der Waals surface area contributed by atoms with E-state index in [1.54, 1.807) is 12.0 Å². The van der Waals surface area contributed by atoms with Crippen LogP contribution in [0.15, 0.2) is 47.6 Å². The third-order valence-electron chi connectivity index (χ3n) is 4.90. The molecule has 0 unspecified atom stereocenters. The van der Waals surface area contributed by atoms with Crippen LogP contribution in [0.4, 0.5) is 0 Å². The van der Waals surface area contributed by atoms with E-state index in [9.17, 15) is 9.90 Å². The predicted octanol–water partition coefficient (Wildman–Crippen LogP) is 2.88. The normalized spacial score (nSPS) is 18.0. The summed E-state index contributed by atoms with van der Waals surface area (Å²) in [6.45, 7) is 2.28. The summed E-state index contributed by atoms with van der Waals surface area (Å²) in [4.78, 5) is 19.3. The van der Waals surface area contributed by atoms with Gasteiger partial charge in [0.25, 0.3) is 5.91 Å². The number of rotatable bonds is 5. The van der Waals surface area contributed by atoms with Crippen molar-refractivity contribution in [2.75, 3.05) is 27.4 Å². The zero-order chi connectivity index (χ0) is 19.4. The van der Waals surface area contributed by atoms with Crippen molar-refractivity contribution in [2.45, 2.75) is 19.4 Å². The van der Waals surface area contributed by atoms with E-state index in [2.05, 4.69) is 5.16 Å². The molecule has 0 saturated carbocycles. The van der Waals surface area contributed by atoms with Gasteiger partial charge in [-0.25, -0.2) is 0 Å². The van der Waals surface area contributed by atoms with Crippen LogP contribution in [0.2, 0.25) is 0 Å². The van der Waals surface area contributed by atoms with Gasteiger partial charge in [0.2, 0.25) is 0 Å². The summed E-state index contributed by atoms with van der Waals surface area (Å²) >= 11 is 0. The molecule has 1 heterocycles. The molecule has 1 fully saturated rings. The standard InChI is InChI=1S/C21H24N2O4/c1-14-19(5-4-6-20(14)26-2)15-7-9-16(10-8-15)21(25)23-12-17(22-27-3)11-18(23)13-24/h4-10,18,24H,11-13H2,1-3H3/b22-17-/t18-/m0/s1. The first-order valence-corrected chi connectivity index (χ1v) is 8.83. The quantitative estimate of drug-likeness (QED) is 0.824. The van der Waals surface area contributed by atoms with Crippen LogP contribution in [0, 0.1) is 6.92 Å². The van der Waals surface area contributed by atoms with Crippen molar-refractivity contribution >= 4 is 11.6 Å². The van der Waals surface area contributed by atoms with Crippen molar-refractivity contribution in [2.24, 2.45) is 5.16 Å². The highest BCUT2D eigenvalue weighted by Gasteiger charge is 2.33. The lowest BCUT2D eigenvalue weighted by atomic mass is 9.98. The third-order valence-corrected chi connectivity index (χ3v) is 4.90. The lowest BCUT2D eigenvalue weighted by Crippen LogP contribution is -2.37. The molecule has 6 heteroatoms. The summed E-state index contributed by atoms with van der Waals surface area (Å²) < 4.78 is 5.38. The number of methoxy groups -OCH3 is 1. The second-order valence-electron chi connectivity index (χ2n) is 6.52. The van der Waals surface area contributed by atoms with E-state index in [0.29, 0.717) is 18.5 Å². The molecule has 1 amide bonds. The summed E-state index contributed by atoms with van der Waals surface area (Å²) in [6, 6.07) is 13.1. The minimum Gasteiger partial charge on any atom is -0.496 e. The number of likely N-dealkylation sites (tertiary alicyclic amines) is 1. The monoisotopic (exact) mass is 368 g/mol. The number of carbonyl (C=O) groups excluding carboxylic acids is 1. The maximum absolute atomic E-state index is 12.9. The maximum Gasteiger partial charge on any atom is 0.254 e. The van der Waals surface area contributed by atoms with Crippen LogP contribution in [0.3, 0.4) is 0 Å². The molecule has 1 N–H and O–H groups in total. The molecule has 27 heavy (non-hydrogen) atoms. The van der Waals surface area contributed by atoms with Gasteiger partial charge in [-0.2, -0.15) is 0 Å². The molecule has 0 spiro atoms. The number of oxime groups is 1. The first-order chi connectivity index (χ1) is 13.1. The lowest BCUT2D eigenvalue weighted by Gasteiger charge is -2.22. The average Bonchev–Trinajstić information content (AvgIpc) is 3.11. The summed E-state index contributed by atoms with van der Waals surface area (Å²) in [5.74, 6) is 0.713. The minimum absolute atomic E-state index is 0.102. The van der Waals surface area contributed by atoms with Crippen molar-refractivity contribution in [3.63, 3.8) is 0 Å². The van der Waals surface area contributed by atoms with E-state index >= 15 is 0 Å². The highest BCUT2D eigenvalue weighted by atomic mass is 16.6. The van der Waals surface area contributed by atoms with Gasteiger partial charge in [-0.1, -0.05) is 29.4 Å². The molecule has 6 nitrogen and oxygen atoms in total. The van der Waals surface area contributed by atoms with Gasteiger partial charge in [0.1, 0.15) is 12.9 Å². The van der Waals surface area contributed by atoms with E-state index in [-0.39, 0.29) is 18.6 Å². The Morgan fingerprint density at radius 2 is 1.96 bits per heavy atom. The molecular weight excluding hydrogens is 344 g/mol. The Morgan fingerprint density at radius 1 is 1.22 bits per heavy atom. The number of aliphatic hydroxyl groups is 1. The molecule has 3 rings (SSSR count). The number of hydrogen-bond acceptors (Lipinski definition) is 5. The van der Waals surface area contributed by atoms with Gasteiger partial charge in [-0.15, -0.1) is 0 Å². The third kappa shape index (κ3) is 3.80.